The molecular weight excluding hydrogens is 295 g/mol. The standard InChI is InChI=1S/C12H15BrF3N/c1-3-17(8-12(14,15)16)11-5-4-10(7-13)6-9(11)2/h4-6H,3,7-8H2,1-2H3. The fraction of sp³-hybridized carbons (Fsp3) is 0.500. The van der Waals surface area contributed by atoms with Crippen LogP contribution in [0.5, 0.6) is 0 Å². The van der Waals surface area contributed by atoms with Crippen LogP contribution in [-0.4, -0.2) is 19.3 Å². The molecule has 0 N–H and O–H groups in total. The Hall–Kier alpha value is -0.710. The van der Waals surface area contributed by atoms with Crippen molar-refractivity contribution in [2.45, 2.75) is 25.4 Å². The Morgan fingerprint density at radius 1 is 1.29 bits per heavy atom. The van der Waals surface area contributed by atoms with E-state index in [1.54, 1.807) is 13.0 Å². The molecule has 0 aromatic heterocycles. The molecule has 0 saturated heterocycles. The Bertz CT molecular complexity index is 377. The molecule has 0 heterocycles. The van der Waals surface area contributed by atoms with Crippen molar-refractivity contribution >= 4 is 21.6 Å². The van der Waals surface area contributed by atoms with Crippen LogP contribution in [0.25, 0.3) is 0 Å². The molecule has 96 valence electrons. The van der Waals surface area contributed by atoms with Gasteiger partial charge in [-0.1, -0.05) is 28.1 Å². The van der Waals surface area contributed by atoms with Crippen LogP contribution in [0.2, 0.25) is 0 Å². The van der Waals surface area contributed by atoms with Crippen LogP contribution in [0.3, 0.4) is 0 Å². The van der Waals surface area contributed by atoms with Gasteiger partial charge in [-0.3, -0.25) is 0 Å². The van der Waals surface area contributed by atoms with Crippen molar-refractivity contribution in [2.24, 2.45) is 0 Å². The molecule has 0 amide bonds. The lowest BCUT2D eigenvalue weighted by atomic mass is 10.1. The maximum Gasteiger partial charge on any atom is 0.405 e. The van der Waals surface area contributed by atoms with Crippen molar-refractivity contribution in [3.05, 3.63) is 29.3 Å². The Morgan fingerprint density at radius 3 is 2.35 bits per heavy atom. The first-order valence-corrected chi connectivity index (χ1v) is 6.46. The van der Waals surface area contributed by atoms with Crippen LogP contribution in [0.1, 0.15) is 18.1 Å². The van der Waals surface area contributed by atoms with Gasteiger partial charge in [-0.15, -0.1) is 0 Å². The van der Waals surface area contributed by atoms with Crippen molar-refractivity contribution in [3.63, 3.8) is 0 Å². The van der Waals surface area contributed by atoms with Gasteiger partial charge < -0.3 is 4.90 Å². The molecule has 0 unspecified atom stereocenters. The highest BCUT2D eigenvalue weighted by Gasteiger charge is 2.30. The Labute approximate surface area is 108 Å². The van der Waals surface area contributed by atoms with Gasteiger partial charge >= 0.3 is 6.18 Å². The lowest BCUT2D eigenvalue weighted by Crippen LogP contribution is -2.34. The van der Waals surface area contributed by atoms with Crippen molar-refractivity contribution < 1.29 is 13.2 Å². The molecule has 0 aliphatic rings. The fourth-order valence-corrected chi connectivity index (χ4v) is 2.09. The molecule has 0 saturated carbocycles. The van der Waals surface area contributed by atoms with Gasteiger partial charge in [0.25, 0.3) is 0 Å². The number of benzene rings is 1. The first kappa shape index (κ1) is 14.4. The number of alkyl halides is 4. The lowest BCUT2D eigenvalue weighted by molar-refractivity contribution is -0.119. The maximum absolute atomic E-state index is 12.4. The predicted octanol–water partition coefficient (Wildman–Crippen LogP) is 4.28. The number of halogens is 4. The average Bonchev–Trinajstić information content (AvgIpc) is 2.24. The van der Waals surface area contributed by atoms with E-state index in [1.165, 1.54) is 4.90 Å². The van der Waals surface area contributed by atoms with E-state index >= 15 is 0 Å². The maximum atomic E-state index is 12.4. The van der Waals surface area contributed by atoms with Crippen LogP contribution < -0.4 is 4.90 Å². The third-order valence-electron chi connectivity index (χ3n) is 2.51. The number of aryl methyl sites for hydroxylation is 1. The van der Waals surface area contributed by atoms with E-state index in [4.69, 9.17) is 0 Å². The summed E-state index contributed by atoms with van der Waals surface area (Å²) in [5, 5.41) is 0.708. The Balaban J connectivity index is 2.96. The second-order valence-corrected chi connectivity index (χ2v) is 4.44. The third-order valence-corrected chi connectivity index (χ3v) is 3.16. The van der Waals surface area contributed by atoms with Crippen LogP contribution in [-0.2, 0) is 5.33 Å². The molecule has 0 bridgehead atoms. The summed E-state index contributed by atoms with van der Waals surface area (Å²) in [5.74, 6) is 0. The van der Waals surface area contributed by atoms with Crippen molar-refractivity contribution in [3.8, 4) is 0 Å². The van der Waals surface area contributed by atoms with Crippen molar-refractivity contribution in [2.75, 3.05) is 18.0 Å². The molecule has 0 spiro atoms. The zero-order valence-electron chi connectivity index (χ0n) is 9.81. The summed E-state index contributed by atoms with van der Waals surface area (Å²) in [7, 11) is 0. The van der Waals surface area contributed by atoms with E-state index in [-0.39, 0.29) is 0 Å². The molecule has 0 atom stereocenters. The molecule has 1 aromatic rings. The van der Waals surface area contributed by atoms with Crippen LogP contribution in [0, 0.1) is 6.92 Å². The normalized spacial score (nSPS) is 11.6. The monoisotopic (exact) mass is 309 g/mol. The fourth-order valence-electron chi connectivity index (χ4n) is 1.74. The van der Waals surface area contributed by atoms with E-state index in [1.807, 2.05) is 19.1 Å². The lowest BCUT2D eigenvalue weighted by Gasteiger charge is -2.26. The summed E-state index contributed by atoms with van der Waals surface area (Å²) in [6.45, 7) is 3.00. The molecule has 1 rings (SSSR count). The average molecular weight is 310 g/mol. The first-order chi connectivity index (χ1) is 7.87. The minimum Gasteiger partial charge on any atom is -0.363 e. The number of rotatable bonds is 4. The summed E-state index contributed by atoms with van der Waals surface area (Å²) in [5.41, 5.74) is 2.58. The zero-order chi connectivity index (χ0) is 13.1. The zero-order valence-corrected chi connectivity index (χ0v) is 11.4. The summed E-state index contributed by atoms with van der Waals surface area (Å²) < 4.78 is 37.2. The van der Waals surface area contributed by atoms with Crippen LogP contribution >= 0.6 is 15.9 Å². The summed E-state index contributed by atoms with van der Waals surface area (Å²) in [6, 6.07) is 5.50. The Morgan fingerprint density at radius 2 is 1.94 bits per heavy atom. The number of nitrogens with zero attached hydrogens (tertiary/aromatic N) is 1. The van der Waals surface area contributed by atoms with Gasteiger partial charge in [-0.25, -0.2) is 0 Å². The minimum absolute atomic E-state index is 0.341. The molecule has 0 aliphatic heterocycles. The Kier molecular flexibility index (Phi) is 4.86. The quantitative estimate of drug-likeness (QED) is 0.750. The topological polar surface area (TPSA) is 3.24 Å². The molecule has 1 nitrogen and oxygen atoms in total. The van der Waals surface area contributed by atoms with E-state index in [0.717, 1.165) is 11.1 Å². The molecule has 1 aromatic carbocycles. The number of hydrogen-bond donors (Lipinski definition) is 0. The van der Waals surface area contributed by atoms with E-state index in [9.17, 15) is 13.2 Å². The SMILES string of the molecule is CCN(CC(F)(F)F)c1ccc(CBr)cc1C. The van der Waals surface area contributed by atoms with Crippen molar-refractivity contribution in [1.82, 2.24) is 0 Å². The largest absolute Gasteiger partial charge is 0.405 e. The van der Waals surface area contributed by atoms with Gasteiger partial charge in [0, 0.05) is 17.6 Å². The van der Waals surface area contributed by atoms with Crippen LogP contribution in [0.4, 0.5) is 18.9 Å². The third kappa shape index (κ3) is 4.22. The molecular formula is C12H15BrF3N. The van der Waals surface area contributed by atoms with Crippen LogP contribution in [0.15, 0.2) is 18.2 Å². The van der Waals surface area contributed by atoms with Gasteiger partial charge in [0.2, 0.25) is 0 Å². The van der Waals surface area contributed by atoms with Gasteiger partial charge in [0.1, 0.15) is 6.54 Å². The second kappa shape index (κ2) is 5.76. The van der Waals surface area contributed by atoms with E-state index in [2.05, 4.69) is 15.9 Å². The summed E-state index contributed by atoms with van der Waals surface area (Å²) >= 11 is 3.33. The highest BCUT2D eigenvalue weighted by molar-refractivity contribution is 9.08. The van der Waals surface area contributed by atoms with E-state index < -0.39 is 12.7 Å². The summed E-state index contributed by atoms with van der Waals surface area (Å²) in [6.07, 6.45) is -4.17. The van der Waals surface area contributed by atoms with Gasteiger partial charge in [-0.05, 0) is 31.0 Å². The molecule has 0 aliphatic carbocycles. The predicted molar refractivity (Wildman–Crippen MR) is 67.8 cm³/mol. The number of hydrogen-bond acceptors (Lipinski definition) is 1. The summed E-state index contributed by atoms with van der Waals surface area (Å²) in [4.78, 5) is 1.34. The minimum atomic E-state index is -4.17. The van der Waals surface area contributed by atoms with Gasteiger partial charge in [0.15, 0.2) is 0 Å². The molecule has 5 heteroatoms. The highest BCUT2D eigenvalue weighted by Crippen LogP contribution is 2.26. The van der Waals surface area contributed by atoms with E-state index in [0.29, 0.717) is 17.6 Å². The van der Waals surface area contributed by atoms with Gasteiger partial charge in [-0.2, -0.15) is 13.2 Å². The second-order valence-electron chi connectivity index (χ2n) is 3.88. The van der Waals surface area contributed by atoms with Crippen molar-refractivity contribution in [1.29, 1.82) is 0 Å². The highest BCUT2D eigenvalue weighted by atomic mass is 79.9. The molecule has 0 fully saturated rings. The number of anilines is 1. The van der Waals surface area contributed by atoms with Gasteiger partial charge in [0.05, 0.1) is 0 Å². The smallest absolute Gasteiger partial charge is 0.363 e. The molecule has 17 heavy (non-hydrogen) atoms. The first-order valence-electron chi connectivity index (χ1n) is 5.34. The molecule has 0 radical (unpaired) electrons.